The second kappa shape index (κ2) is 8.22. The van der Waals surface area contributed by atoms with Crippen LogP contribution in [0.3, 0.4) is 0 Å². The van der Waals surface area contributed by atoms with Crippen LogP contribution in [0.15, 0.2) is 30.3 Å². The fourth-order valence-corrected chi connectivity index (χ4v) is 3.87. The Balaban J connectivity index is 1.99. The van der Waals surface area contributed by atoms with Gasteiger partial charge in [-0.2, -0.15) is 4.39 Å². The van der Waals surface area contributed by atoms with Crippen LogP contribution in [0.4, 0.5) is 18.9 Å². The van der Waals surface area contributed by atoms with Gasteiger partial charge in [-0.3, -0.25) is 9.59 Å². The van der Waals surface area contributed by atoms with E-state index in [-0.39, 0.29) is 28.5 Å². The molecule has 166 valence electrons. The van der Waals surface area contributed by atoms with Crippen LogP contribution in [0, 0.1) is 23.4 Å². The number of carbonyl (C=O) groups is 2. The number of anilines is 1. The van der Waals surface area contributed by atoms with Gasteiger partial charge in [0.2, 0.25) is 5.82 Å². The molecule has 3 N–H and O–H groups in total. The normalized spacial score (nSPS) is 22.2. The number of hydrogen-bond donors (Lipinski definition) is 2. The molecule has 9 heteroatoms. The van der Waals surface area contributed by atoms with Crippen LogP contribution in [-0.2, 0) is 9.53 Å². The van der Waals surface area contributed by atoms with Crippen molar-refractivity contribution in [2.45, 2.75) is 38.4 Å². The van der Waals surface area contributed by atoms with E-state index in [2.05, 4.69) is 5.32 Å². The Bertz CT molecular complexity index is 1040. The van der Waals surface area contributed by atoms with Crippen molar-refractivity contribution in [2.24, 2.45) is 11.7 Å². The number of amides is 2. The molecule has 1 aliphatic rings. The van der Waals surface area contributed by atoms with Gasteiger partial charge in [0.25, 0.3) is 11.8 Å². The smallest absolute Gasteiger partial charge is 0.254 e. The molecule has 2 aromatic rings. The van der Waals surface area contributed by atoms with Gasteiger partial charge in [0.1, 0.15) is 11.9 Å². The van der Waals surface area contributed by atoms with Gasteiger partial charge in [0.15, 0.2) is 11.6 Å². The van der Waals surface area contributed by atoms with Crippen LogP contribution in [0.2, 0.25) is 0 Å². The molecule has 1 heterocycles. The Morgan fingerprint density at radius 2 is 1.77 bits per heavy atom. The van der Waals surface area contributed by atoms with Crippen molar-refractivity contribution >= 4 is 17.5 Å². The average molecular weight is 436 g/mol. The SMILES string of the molecule is COc1c([C@H]2[C@H](C(=O)Nc3ccc(F)c(C(N)=O)c3)OC(C)(C)[C@H]2C)ccc(F)c1F. The summed E-state index contributed by atoms with van der Waals surface area (Å²) >= 11 is 0. The molecule has 0 aromatic heterocycles. The van der Waals surface area contributed by atoms with Crippen molar-refractivity contribution in [1.82, 2.24) is 0 Å². The van der Waals surface area contributed by atoms with Crippen molar-refractivity contribution in [3.05, 3.63) is 58.9 Å². The lowest BCUT2D eigenvalue weighted by molar-refractivity contribution is -0.131. The van der Waals surface area contributed by atoms with Crippen LogP contribution < -0.4 is 15.8 Å². The summed E-state index contributed by atoms with van der Waals surface area (Å²) in [5, 5.41) is 2.58. The molecule has 0 spiro atoms. The zero-order chi connectivity index (χ0) is 23.1. The lowest BCUT2D eigenvalue weighted by Gasteiger charge is -2.25. The van der Waals surface area contributed by atoms with Crippen LogP contribution in [0.1, 0.15) is 42.6 Å². The lowest BCUT2D eigenvalue weighted by atomic mass is 9.78. The van der Waals surface area contributed by atoms with Crippen LogP contribution in [-0.4, -0.2) is 30.6 Å². The minimum Gasteiger partial charge on any atom is -0.493 e. The van der Waals surface area contributed by atoms with Gasteiger partial charge in [-0.25, -0.2) is 8.78 Å². The highest BCUT2D eigenvalue weighted by molar-refractivity contribution is 5.98. The molecule has 0 radical (unpaired) electrons. The van der Waals surface area contributed by atoms with Gasteiger partial charge < -0.3 is 20.5 Å². The number of methoxy groups -OCH3 is 1. The molecule has 0 saturated carbocycles. The highest BCUT2D eigenvalue weighted by Gasteiger charge is 2.51. The first-order valence-electron chi connectivity index (χ1n) is 9.57. The van der Waals surface area contributed by atoms with E-state index < -0.39 is 46.9 Å². The molecule has 2 amide bonds. The maximum Gasteiger partial charge on any atom is 0.254 e. The Labute approximate surface area is 177 Å². The Kier molecular flexibility index (Phi) is 6.00. The molecule has 0 aliphatic carbocycles. The fraction of sp³-hybridized carbons (Fsp3) is 0.364. The minimum absolute atomic E-state index is 0.136. The summed E-state index contributed by atoms with van der Waals surface area (Å²) in [6, 6.07) is 5.74. The Morgan fingerprint density at radius 3 is 2.39 bits per heavy atom. The molecule has 3 rings (SSSR count). The lowest BCUT2D eigenvalue weighted by Crippen LogP contribution is -2.33. The van der Waals surface area contributed by atoms with Gasteiger partial charge in [-0.15, -0.1) is 0 Å². The van der Waals surface area contributed by atoms with Crippen LogP contribution in [0.5, 0.6) is 5.75 Å². The molecular formula is C22H23F3N2O4. The van der Waals surface area contributed by atoms with Gasteiger partial charge >= 0.3 is 0 Å². The number of ether oxygens (including phenoxy) is 2. The van der Waals surface area contributed by atoms with E-state index in [9.17, 15) is 22.8 Å². The van der Waals surface area contributed by atoms with Crippen molar-refractivity contribution in [3.63, 3.8) is 0 Å². The second-order valence-corrected chi connectivity index (χ2v) is 7.99. The van der Waals surface area contributed by atoms with Crippen molar-refractivity contribution in [2.75, 3.05) is 12.4 Å². The topological polar surface area (TPSA) is 90.6 Å². The third-order valence-corrected chi connectivity index (χ3v) is 5.79. The van der Waals surface area contributed by atoms with E-state index in [0.717, 1.165) is 18.2 Å². The molecule has 1 aliphatic heterocycles. The summed E-state index contributed by atoms with van der Waals surface area (Å²) in [6.45, 7) is 5.41. The standard InChI is InChI=1S/C22H23F3N2O4/c1-10-16(12-6-8-15(24)17(25)18(12)30-4)19(31-22(10,2)3)21(29)27-11-5-7-14(23)13(9-11)20(26)28/h5-10,16,19H,1-4H3,(H2,26,28)(H,27,29)/t10-,16-,19+/m0/s1. The molecular weight excluding hydrogens is 413 g/mol. The zero-order valence-corrected chi connectivity index (χ0v) is 17.5. The molecule has 3 atom stereocenters. The molecule has 2 aromatic carbocycles. The Hall–Kier alpha value is -3.07. The zero-order valence-electron chi connectivity index (χ0n) is 17.5. The predicted molar refractivity (Wildman–Crippen MR) is 107 cm³/mol. The van der Waals surface area contributed by atoms with E-state index in [1.165, 1.54) is 19.2 Å². The molecule has 6 nitrogen and oxygen atoms in total. The summed E-state index contributed by atoms with van der Waals surface area (Å²) in [7, 11) is 1.21. The first-order valence-corrected chi connectivity index (χ1v) is 9.57. The molecule has 31 heavy (non-hydrogen) atoms. The van der Waals surface area contributed by atoms with E-state index >= 15 is 0 Å². The van der Waals surface area contributed by atoms with Crippen LogP contribution >= 0.6 is 0 Å². The quantitative estimate of drug-likeness (QED) is 0.747. The summed E-state index contributed by atoms with van der Waals surface area (Å²) in [6.07, 6.45) is -1.09. The van der Waals surface area contributed by atoms with E-state index in [4.69, 9.17) is 15.2 Å². The number of benzene rings is 2. The maximum absolute atomic E-state index is 14.3. The largest absolute Gasteiger partial charge is 0.493 e. The Morgan fingerprint density at radius 1 is 1.13 bits per heavy atom. The fourth-order valence-electron chi connectivity index (χ4n) is 3.87. The van der Waals surface area contributed by atoms with Gasteiger partial charge in [-0.1, -0.05) is 13.0 Å². The van der Waals surface area contributed by atoms with Crippen molar-refractivity contribution in [1.29, 1.82) is 0 Å². The van der Waals surface area contributed by atoms with E-state index in [0.29, 0.717) is 0 Å². The molecule has 0 bridgehead atoms. The summed E-state index contributed by atoms with van der Waals surface area (Å²) in [4.78, 5) is 24.5. The average Bonchev–Trinajstić information content (AvgIpc) is 2.94. The highest BCUT2D eigenvalue weighted by atomic mass is 19.2. The number of carbonyl (C=O) groups excluding carboxylic acids is 2. The number of hydrogen-bond acceptors (Lipinski definition) is 4. The third kappa shape index (κ3) is 4.10. The number of primary amides is 1. The summed E-state index contributed by atoms with van der Waals surface area (Å²) in [5.74, 6) is -5.87. The predicted octanol–water partition coefficient (Wildman–Crippen LogP) is 3.75. The van der Waals surface area contributed by atoms with Crippen LogP contribution in [0.25, 0.3) is 0 Å². The van der Waals surface area contributed by atoms with Crippen molar-refractivity contribution in [3.8, 4) is 5.75 Å². The molecule has 1 fully saturated rings. The molecule has 0 unspecified atom stereocenters. The van der Waals surface area contributed by atoms with Crippen molar-refractivity contribution < 1.29 is 32.2 Å². The monoisotopic (exact) mass is 436 g/mol. The second-order valence-electron chi connectivity index (χ2n) is 7.99. The summed E-state index contributed by atoms with van der Waals surface area (Å²) in [5.41, 5.74) is 4.42. The molecule has 1 saturated heterocycles. The first-order chi connectivity index (χ1) is 14.5. The number of nitrogens with one attached hydrogen (secondary N) is 1. The minimum atomic E-state index is -1.15. The highest BCUT2D eigenvalue weighted by Crippen LogP contribution is 2.49. The summed E-state index contributed by atoms with van der Waals surface area (Å²) < 4.78 is 52.9. The first kappa shape index (κ1) is 22.6. The van der Waals surface area contributed by atoms with E-state index in [1.54, 1.807) is 13.8 Å². The number of nitrogens with two attached hydrogens (primary N) is 1. The number of rotatable bonds is 5. The van der Waals surface area contributed by atoms with E-state index in [1.807, 2.05) is 6.92 Å². The van der Waals surface area contributed by atoms with Gasteiger partial charge in [0.05, 0.1) is 18.3 Å². The number of halogens is 3. The van der Waals surface area contributed by atoms with Gasteiger partial charge in [0, 0.05) is 17.2 Å². The third-order valence-electron chi connectivity index (χ3n) is 5.79. The van der Waals surface area contributed by atoms with Gasteiger partial charge in [-0.05, 0) is 44.0 Å². The maximum atomic E-state index is 14.3.